The molecule has 1 unspecified atom stereocenters. The minimum Gasteiger partial charge on any atom is -0.449 e. The third-order valence-corrected chi connectivity index (χ3v) is 3.56. The molecule has 0 bridgehead atoms. The van der Waals surface area contributed by atoms with Crippen LogP contribution in [0.3, 0.4) is 0 Å². The van der Waals surface area contributed by atoms with Crippen molar-refractivity contribution in [2.24, 2.45) is 5.73 Å². The lowest BCUT2D eigenvalue weighted by atomic mass is 10.1. The van der Waals surface area contributed by atoms with Crippen LogP contribution in [0, 0.1) is 17.0 Å². The summed E-state index contributed by atoms with van der Waals surface area (Å²) in [6.45, 7) is 3.61. The first-order chi connectivity index (χ1) is 9.90. The van der Waals surface area contributed by atoms with E-state index in [0.29, 0.717) is 11.3 Å². The van der Waals surface area contributed by atoms with Gasteiger partial charge in [-0.15, -0.1) is 0 Å². The molecule has 110 valence electrons. The van der Waals surface area contributed by atoms with Crippen molar-refractivity contribution in [3.05, 3.63) is 62.1 Å². The molecule has 0 fully saturated rings. The molecule has 0 saturated heterocycles. The molecule has 2 rings (SSSR count). The minimum absolute atomic E-state index is 0.0643. The van der Waals surface area contributed by atoms with Gasteiger partial charge in [0.25, 0.3) is 0 Å². The van der Waals surface area contributed by atoms with E-state index in [-0.39, 0.29) is 17.5 Å². The summed E-state index contributed by atoms with van der Waals surface area (Å²) in [6, 6.07) is 10.0. The number of rotatable bonds is 4. The smallest absolute Gasteiger partial charge is 0.311 e. The Bertz CT molecular complexity index is 687. The van der Waals surface area contributed by atoms with Crippen LogP contribution < -0.4 is 10.5 Å². The van der Waals surface area contributed by atoms with Crippen molar-refractivity contribution >= 4 is 21.6 Å². The molecule has 0 saturated carbocycles. The number of hydrogen-bond donors (Lipinski definition) is 1. The molecule has 0 aliphatic carbocycles. The van der Waals surface area contributed by atoms with E-state index in [2.05, 4.69) is 15.9 Å². The van der Waals surface area contributed by atoms with Gasteiger partial charge < -0.3 is 10.5 Å². The Morgan fingerprint density at radius 3 is 2.67 bits per heavy atom. The molecule has 0 spiro atoms. The number of aryl methyl sites for hydroxylation is 1. The number of nitro groups is 1. The Morgan fingerprint density at radius 2 is 2.05 bits per heavy atom. The molecule has 2 N–H and O–H groups in total. The Labute approximate surface area is 131 Å². The van der Waals surface area contributed by atoms with Crippen molar-refractivity contribution in [3.63, 3.8) is 0 Å². The highest BCUT2D eigenvalue weighted by Gasteiger charge is 2.19. The molecular formula is C15H15BrN2O3. The van der Waals surface area contributed by atoms with Crippen molar-refractivity contribution in [3.8, 4) is 11.5 Å². The summed E-state index contributed by atoms with van der Waals surface area (Å²) in [5.41, 5.74) is 7.34. The summed E-state index contributed by atoms with van der Waals surface area (Å²) in [4.78, 5) is 10.7. The van der Waals surface area contributed by atoms with Gasteiger partial charge in [-0.1, -0.05) is 34.1 Å². The van der Waals surface area contributed by atoms with Gasteiger partial charge >= 0.3 is 5.69 Å². The van der Waals surface area contributed by atoms with Gasteiger partial charge in [-0.2, -0.15) is 0 Å². The van der Waals surface area contributed by atoms with Gasteiger partial charge in [0, 0.05) is 22.1 Å². The molecule has 0 aliphatic rings. The first kappa shape index (κ1) is 15.5. The van der Waals surface area contributed by atoms with Crippen LogP contribution in [-0.4, -0.2) is 4.92 Å². The molecule has 21 heavy (non-hydrogen) atoms. The summed E-state index contributed by atoms with van der Waals surface area (Å²) in [5.74, 6) is 0.749. The maximum Gasteiger partial charge on any atom is 0.311 e. The molecule has 0 aliphatic heterocycles. The number of nitrogens with two attached hydrogens (primary N) is 1. The van der Waals surface area contributed by atoms with Gasteiger partial charge in [0.15, 0.2) is 0 Å². The van der Waals surface area contributed by atoms with Gasteiger partial charge in [0.1, 0.15) is 5.75 Å². The monoisotopic (exact) mass is 350 g/mol. The van der Waals surface area contributed by atoms with Gasteiger partial charge in [-0.05, 0) is 31.5 Å². The zero-order valence-electron chi connectivity index (χ0n) is 11.7. The number of nitrogens with zero attached hydrogens (tertiary/aromatic N) is 1. The lowest BCUT2D eigenvalue weighted by molar-refractivity contribution is -0.385. The Morgan fingerprint density at radius 1 is 1.33 bits per heavy atom. The molecule has 1 atom stereocenters. The Kier molecular flexibility index (Phi) is 4.59. The topological polar surface area (TPSA) is 78.4 Å². The van der Waals surface area contributed by atoms with E-state index in [1.54, 1.807) is 25.1 Å². The van der Waals surface area contributed by atoms with E-state index >= 15 is 0 Å². The fourth-order valence-corrected chi connectivity index (χ4v) is 2.34. The lowest BCUT2D eigenvalue weighted by Gasteiger charge is -2.15. The summed E-state index contributed by atoms with van der Waals surface area (Å²) >= 11 is 3.37. The largest absolute Gasteiger partial charge is 0.449 e. The summed E-state index contributed by atoms with van der Waals surface area (Å²) < 4.78 is 6.64. The van der Waals surface area contributed by atoms with Crippen LogP contribution in [0.1, 0.15) is 24.1 Å². The van der Waals surface area contributed by atoms with Crippen molar-refractivity contribution in [1.82, 2.24) is 0 Å². The van der Waals surface area contributed by atoms with Crippen LogP contribution in [-0.2, 0) is 0 Å². The molecular weight excluding hydrogens is 336 g/mol. The van der Waals surface area contributed by atoms with Gasteiger partial charge in [0.2, 0.25) is 5.75 Å². The normalized spacial score (nSPS) is 12.0. The second-order valence-corrected chi connectivity index (χ2v) is 5.67. The fourth-order valence-electron chi connectivity index (χ4n) is 2.00. The molecule has 2 aromatic carbocycles. The highest BCUT2D eigenvalue weighted by Crippen LogP contribution is 2.37. The maximum absolute atomic E-state index is 11.1. The van der Waals surface area contributed by atoms with Crippen molar-refractivity contribution in [2.75, 3.05) is 0 Å². The first-order valence-corrected chi connectivity index (χ1v) is 7.16. The van der Waals surface area contributed by atoms with E-state index < -0.39 is 4.92 Å². The van der Waals surface area contributed by atoms with Crippen LogP contribution in [0.15, 0.2) is 40.9 Å². The Hall–Kier alpha value is -1.92. The minimum atomic E-state index is -0.453. The van der Waals surface area contributed by atoms with E-state index in [9.17, 15) is 10.1 Å². The number of halogens is 1. The predicted molar refractivity (Wildman–Crippen MR) is 84.7 cm³/mol. The summed E-state index contributed by atoms with van der Waals surface area (Å²) in [6.07, 6.45) is 0. The number of nitro benzene ring substituents is 1. The highest BCUT2D eigenvalue weighted by atomic mass is 79.9. The predicted octanol–water partition coefficient (Wildman–Crippen LogP) is 4.48. The molecule has 2 aromatic rings. The third-order valence-electron chi connectivity index (χ3n) is 3.07. The number of hydrogen-bond acceptors (Lipinski definition) is 4. The van der Waals surface area contributed by atoms with Crippen molar-refractivity contribution in [2.45, 2.75) is 19.9 Å². The van der Waals surface area contributed by atoms with Crippen LogP contribution in [0.2, 0.25) is 0 Å². The fraction of sp³-hybridized carbons (Fsp3) is 0.200. The van der Waals surface area contributed by atoms with Crippen LogP contribution in [0.25, 0.3) is 0 Å². The Balaban J connectivity index is 2.53. The molecule has 5 nitrogen and oxygen atoms in total. The molecule has 6 heteroatoms. The second-order valence-electron chi connectivity index (χ2n) is 4.75. The molecule has 0 radical (unpaired) electrons. The second kappa shape index (κ2) is 6.24. The van der Waals surface area contributed by atoms with Gasteiger partial charge in [-0.25, -0.2) is 0 Å². The highest BCUT2D eigenvalue weighted by molar-refractivity contribution is 9.10. The summed E-state index contributed by atoms with van der Waals surface area (Å²) in [7, 11) is 0. The van der Waals surface area contributed by atoms with E-state index in [1.165, 1.54) is 6.07 Å². The number of ether oxygens (including phenoxy) is 1. The van der Waals surface area contributed by atoms with Crippen LogP contribution in [0.4, 0.5) is 5.69 Å². The van der Waals surface area contributed by atoms with Crippen molar-refractivity contribution in [1.29, 1.82) is 0 Å². The van der Waals surface area contributed by atoms with Gasteiger partial charge in [0.05, 0.1) is 4.92 Å². The van der Waals surface area contributed by atoms with E-state index in [4.69, 9.17) is 10.5 Å². The zero-order chi connectivity index (χ0) is 15.6. The number of para-hydroxylation sites is 1. The SMILES string of the molecule is Cc1cccc([N+](=O)[O-])c1Oc1cc(Br)ccc1C(C)N. The molecule has 0 aromatic heterocycles. The maximum atomic E-state index is 11.1. The van der Waals surface area contributed by atoms with Crippen LogP contribution in [0.5, 0.6) is 11.5 Å². The van der Waals surface area contributed by atoms with E-state index in [1.807, 2.05) is 19.1 Å². The lowest BCUT2D eigenvalue weighted by Crippen LogP contribution is -2.07. The third kappa shape index (κ3) is 3.40. The average molecular weight is 351 g/mol. The molecule has 0 amide bonds. The standard InChI is InChI=1S/C15H15BrN2O3/c1-9-4-3-5-13(18(19)20)15(9)21-14-8-11(16)6-7-12(14)10(2)17/h3-8,10H,17H2,1-2H3. The van der Waals surface area contributed by atoms with E-state index in [0.717, 1.165) is 10.0 Å². The molecule has 0 heterocycles. The van der Waals surface area contributed by atoms with Crippen molar-refractivity contribution < 1.29 is 9.66 Å². The summed E-state index contributed by atoms with van der Waals surface area (Å²) in [5, 5.41) is 11.1. The quantitative estimate of drug-likeness (QED) is 0.651. The van der Waals surface area contributed by atoms with Gasteiger partial charge in [-0.3, -0.25) is 10.1 Å². The first-order valence-electron chi connectivity index (χ1n) is 6.37. The number of benzene rings is 2. The zero-order valence-corrected chi connectivity index (χ0v) is 13.3. The van der Waals surface area contributed by atoms with Crippen LogP contribution >= 0.6 is 15.9 Å². The average Bonchev–Trinajstić information content (AvgIpc) is 2.40.